The van der Waals surface area contributed by atoms with Gasteiger partial charge < -0.3 is 9.67 Å². The highest BCUT2D eigenvalue weighted by molar-refractivity contribution is 6.04. The van der Waals surface area contributed by atoms with Crippen LogP contribution >= 0.6 is 0 Å². The number of para-hydroxylation sites is 1. The van der Waals surface area contributed by atoms with Gasteiger partial charge in [-0.05, 0) is 54.5 Å². The van der Waals surface area contributed by atoms with Gasteiger partial charge in [0.25, 0.3) is 0 Å². The molecule has 1 aliphatic carbocycles. The summed E-state index contributed by atoms with van der Waals surface area (Å²) in [6.45, 7) is 2.80. The Bertz CT molecular complexity index is 956. The van der Waals surface area contributed by atoms with Crippen molar-refractivity contribution in [1.29, 1.82) is 0 Å². The number of halogens is 1. The SMILES string of the molecule is CC1CCc2c(c3cccc(C(=O)O)c3n2Cc2ccc(F)cc2)C1. The number of hydrogen-bond donors (Lipinski definition) is 1. The summed E-state index contributed by atoms with van der Waals surface area (Å²) < 4.78 is 15.4. The van der Waals surface area contributed by atoms with Crippen molar-refractivity contribution >= 4 is 16.9 Å². The molecule has 128 valence electrons. The van der Waals surface area contributed by atoms with E-state index in [0.29, 0.717) is 18.0 Å². The van der Waals surface area contributed by atoms with E-state index in [4.69, 9.17) is 0 Å². The molecule has 0 fully saturated rings. The fourth-order valence-electron chi connectivity index (χ4n) is 4.00. The standard InChI is InChI=1S/C21H20FNO2/c1-13-5-10-19-18(11-13)16-3-2-4-17(21(24)25)20(16)23(19)12-14-6-8-15(22)9-7-14/h2-4,6-9,13H,5,10-12H2,1H3,(H,24,25). The van der Waals surface area contributed by atoms with Gasteiger partial charge in [0.15, 0.2) is 0 Å². The number of hydrogen-bond acceptors (Lipinski definition) is 1. The first-order valence-corrected chi connectivity index (χ1v) is 8.65. The molecule has 1 aromatic heterocycles. The maximum atomic E-state index is 13.2. The normalized spacial score (nSPS) is 16.8. The lowest BCUT2D eigenvalue weighted by molar-refractivity contribution is 0.0698. The van der Waals surface area contributed by atoms with Gasteiger partial charge in [-0.2, -0.15) is 0 Å². The van der Waals surface area contributed by atoms with Crippen LogP contribution in [0.1, 0.15) is 40.5 Å². The maximum Gasteiger partial charge on any atom is 0.337 e. The van der Waals surface area contributed by atoms with Crippen molar-refractivity contribution in [2.75, 3.05) is 0 Å². The third-order valence-corrected chi connectivity index (χ3v) is 5.22. The number of aromatic nitrogens is 1. The number of aromatic carboxylic acids is 1. The molecule has 0 aliphatic heterocycles. The predicted molar refractivity (Wildman–Crippen MR) is 95.6 cm³/mol. The topological polar surface area (TPSA) is 42.2 Å². The summed E-state index contributed by atoms with van der Waals surface area (Å²) in [5.41, 5.74) is 4.60. The maximum absolute atomic E-state index is 13.2. The molecule has 3 nitrogen and oxygen atoms in total. The molecule has 0 radical (unpaired) electrons. The van der Waals surface area contributed by atoms with Crippen LogP contribution in [0.5, 0.6) is 0 Å². The van der Waals surface area contributed by atoms with Crippen LogP contribution in [0.4, 0.5) is 4.39 Å². The number of carboxylic acid groups (broad SMARTS) is 1. The highest BCUT2D eigenvalue weighted by atomic mass is 19.1. The van der Waals surface area contributed by atoms with E-state index in [2.05, 4.69) is 11.5 Å². The van der Waals surface area contributed by atoms with Gasteiger partial charge in [-0.1, -0.05) is 31.2 Å². The van der Waals surface area contributed by atoms with Gasteiger partial charge in [0.2, 0.25) is 0 Å². The first kappa shape index (κ1) is 15.9. The smallest absolute Gasteiger partial charge is 0.337 e. The Balaban J connectivity index is 1.94. The van der Waals surface area contributed by atoms with Gasteiger partial charge in [0.05, 0.1) is 11.1 Å². The molecule has 25 heavy (non-hydrogen) atoms. The minimum atomic E-state index is -0.908. The molecule has 1 N–H and O–H groups in total. The second kappa shape index (κ2) is 6.03. The van der Waals surface area contributed by atoms with E-state index in [0.717, 1.165) is 35.7 Å². The Kier molecular flexibility index (Phi) is 3.83. The average molecular weight is 337 g/mol. The number of nitrogens with zero attached hydrogens (tertiary/aromatic N) is 1. The van der Waals surface area contributed by atoms with Crippen LogP contribution in [0.2, 0.25) is 0 Å². The van der Waals surface area contributed by atoms with E-state index in [1.54, 1.807) is 18.2 Å². The Morgan fingerprint density at radius 3 is 2.72 bits per heavy atom. The summed E-state index contributed by atoms with van der Waals surface area (Å²) in [4.78, 5) is 11.8. The van der Waals surface area contributed by atoms with Gasteiger partial charge in [-0.15, -0.1) is 0 Å². The highest BCUT2D eigenvalue weighted by Gasteiger charge is 2.26. The summed E-state index contributed by atoms with van der Waals surface area (Å²) in [7, 11) is 0. The molecular weight excluding hydrogens is 317 g/mol. The summed E-state index contributed by atoms with van der Waals surface area (Å²) in [6, 6.07) is 12.0. The first-order valence-electron chi connectivity index (χ1n) is 8.65. The number of fused-ring (bicyclic) bond motifs is 3. The molecule has 2 aromatic carbocycles. The summed E-state index contributed by atoms with van der Waals surface area (Å²) >= 11 is 0. The molecule has 1 heterocycles. The molecule has 4 rings (SSSR count). The molecule has 0 saturated heterocycles. The zero-order valence-corrected chi connectivity index (χ0v) is 14.1. The monoisotopic (exact) mass is 337 g/mol. The Morgan fingerprint density at radius 1 is 1.24 bits per heavy atom. The van der Waals surface area contributed by atoms with Crippen LogP contribution in [0.3, 0.4) is 0 Å². The minimum absolute atomic E-state index is 0.261. The van der Waals surface area contributed by atoms with E-state index < -0.39 is 5.97 Å². The van der Waals surface area contributed by atoms with Crippen LogP contribution in [-0.2, 0) is 19.4 Å². The molecule has 0 spiro atoms. The highest BCUT2D eigenvalue weighted by Crippen LogP contribution is 2.36. The second-order valence-electron chi connectivity index (χ2n) is 6.99. The van der Waals surface area contributed by atoms with Crippen molar-refractivity contribution in [3.8, 4) is 0 Å². The molecule has 0 amide bonds. The molecule has 0 bridgehead atoms. The van der Waals surface area contributed by atoms with Gasteiger partial charge >= 0.3 is 5.97 Å². The van der Waals surface area contributed by atoms with Crippen molar-refractivity contribution in [1.82, 2.24) is 4.57 Å². The van der Waals surface area contributed by atoms with Crippen LogP contribution < -0.4 is 0 Å². The van der Waals surface area contributed by atoms with E-state index in [1.807, 2.05) is 12.1 Å². The van der Waals surface area contributed by atoms with Gasteiger partial charge in [-0.25, -0.2) is 9.18 Å². The quantitative estimate of drug-likeness (QED) is 0.756. The minimum Gasteiger partial charge on any atom is -0.478 e. The lowest BCUT2D eigenvalue weighted by Gasteiger charge is -2.21. The largest absolute Gasteiger partial charge is 0.478 e. The molecule has 1 atom stereocenters. The third kappa shape index (κ3) is 2.72. The summed E-state index contributed by atoms with van der Waals surface area (Å²) in [6.07, 6.45) is 3.03. The Hall–Kier alpha value is -2.62. The fraction of sp³-hybridized carbons (Fsp3) is 0.286. The molecule has 1 aliphatic rings. The van der Waals surface area contributed by atoms with Gasteiger partial charge in [0.1, 0.15) is 5.82 Å². The second-order valence-corrected chi connectivity index (χ2v) is 6.99. The van der Waals surface area contributed by atoms with Gasteiger partial charge in [0, 0.05) is 17.6 Å². The summed E-state index contributed by atoms with van der Waals surface area (Å²) in [5.74, 6) is -0.567. The van der Waals surface area contributed by atoms with E-state index in [9.17, 15) is 14.3 Å². The first-order chi connectivity index (χ1) is 12.0. The van der Waals surface area contributed by atoms with E-state index >= 15 is 0 Å². The zero-order chi connectivity index (χ0) is 17.6. The van der Waals surface area contributed by atoms with Crippen LogP contribution in [0.25, 0.3) is 10.9 Å². The average Bonchev–Trinajstić information content (AvgIpc) is 2.90. The molecular formula is C21H20FNO2. The molecule has 4 heteroatoms. The van der Waals surface area contributed by atoms with Crippen molar-refractivity contribution < 1.29 is 14.3 Å². The molecule has 0 saturated carbocycles. The zero-order valence-electron chi connectivity index (χ0n) is 14.1. The van der Waals surface area contributed by atoms with Crippen molar-refractivity contribution in [2.24, 2.45) is 5.92 Å². The predicted octanol–water partition coefficient (Wildman–Crippen LogP) is 4.65. The van der Waals surface area contributed by atoms with Crippen molar-refractivity contribution in [3.63, 3.8) is 0 Å². The Morgan fingerprint density at radius 2 is 2.00 bits per heavy atom. The number of carboxylic acids is 1. The van der Waals surface area contributed by atoms with E-state index in [-0.39, 0.29) is 5.82 Å². The molecule has 3 aromatic rings. The van der Waals surface area contributed by atoms with Crippen molar-refractivity contribution in [3.05, 3.63) is 70.7 Å². The fourth-order valence-corrected chi connectivity index (χ4v) is 4.00. The number of carbonyl (C=O) groups is 1. The van der Waals surface area contributed by atoms with Crippen molar-refractivity contribution in [2.45, 2.75) is 32.7 Å². The lowest BCUT2D eigenvalue weighted by Crippen LogP contribution is -2.14. The number of rotatable bonds is 3. The van der Waals surface area contributed by atoms with E-state index in [1.165, 1.54) is 23.4 Å². The third-order valence-electron chi connectivity index (χ3n) is 5.22. The Labute approximate surface area is 145 Å². The summed E-state index contributed by atoms with van der Waals surface area (Å²) in [5, 5.41) is 10.7. The number of benzene rings is 2. The lowest BCUT2D eigenvalue weighted by atomic mass is 9.87. The molecule has 1 unspecified atom stereocenters. The van der Waals surface area contributed by atoms with Crippen LogP contribution in [-0.4, -0.2) is 15.6 Å². The van der Waals surface area contributed by atoms with Crippen LogP contribution in [0.15, 0.2) is 42.5 Å². The van der Waals surface area contributed by atoms with Gasteiger partial charge in [-0.3, -0.25) is 0 Å². The van der Waals surface area contributed by atoms with Crippen LogP contribution in [0, 0.1) is 11.7 Å².